The molecular formula is C48H31N6Pt-3. The molecule has 6 aromatic carbocycles. The molecule has 0 atom stereocenters. The van der Waals surface area contributed by atoms with E-state index < -0.39 is 0 Å². The van der Waals surface area contributed by atoms with Crippen LogP contribution in [0.1, 0.15) is 22.5 Å². The van der Waals surface area contributed by atoms with Crippen LogP contribution in [0.15, 0.2) is 182 Å². The summed E-state index contributed by atoms with van der Waals surface area (Å²) in [6.45, 7) is 2.14. The van der Waals surface area contributed by atoms with Crippen LogP contribution in [0.4, 0.5) is 22.7 Å². The van der Waals surface area contributed by atoms with Crippen molar-refractivity contribution in [2.45, 2.75) is 0 Å². The van der Waals surface area contributed by atoms with Gasteiger partial charge in [0.15, 0.2) is 5.82 Å². The molecule has 0 aliphatic carbocycles. The van der Waals surface area contributed by atoms with Gasteiger partial charge in [-0.15, -0.1) is 60.3 Å². The fourth-order valence-corrected chi connectivity index (χ4v) is 7.44. The zero-order valence-corrected chi connectivity index (χ0v) is 31.7. The van der Waals surface area contributed by atoms with E-state index in [-0.39, 0.29) is 21.1 Å². The molecule has 0 saturated heterocycles. The topological polar surface area (TPSA) is 50.1 Å². The van der Waals surface area contributed by atoms with E-state index in [1.54, 1.807) is 12.4 Å². The third-order valence-corrected chi connectivity index (χ3v) is 9.81. The molecule has 266 valence electrons. The van der Waals surface area contributed by atoms with E-state index in [0.29, 0.717) is 5.82 Å². The second kappa shape index (κ2) is 14.7. The molecule has 10 rings (SSSR count). The van der Waals surface area contributed by atoms with Crippen LogP contribution in [0.2, 0.25) is 0 Å². The molecule has 0 N–H and O–H groups in total. The standard InChI is InChI=1S/C48H31N6.Pt/c1-3-15-34(16-4-1)47(48-50-29-14-30-51-48)46(36-26-27-40-39-21-7-8-22-41(39)54(44(40)32-36)45-25-11-12-28-49-45)35-17-13-20-38(31-35)53-33-52(37-18-5-2-6-19-37)42-23-9-10-24-43(42)53;/h1-30,33H;/q-3;/b47-46-;. The summed E-state index contributed by atoms with van der Waals surface area (Å²) in [5, 5.41) is 2.24. The third kappa shape index (κ3) is 6.11. The van der Waals surface area contributed by atoms with E-state index in [0.717, 1.165) is 78.2 Å². The molecule has 4 heterocycles. The van der Waals surface area contributed by atoms with Crippen LogP contribution in [0.25, 0.3) is 38.8 Å². The molecule has 0 bridgehead atoms. The molecule has 0 radical (unpaired) electrons. The maximum absolute atomic E-state index is 4.83. The first kappa shape index (κ1) is 34.2. The van der Waals surface area contributed by atoms with Crippen molar-refractivity contribution in [3.8, 4) is 5.82 Å². The summed E-state index contributed by atoms with van der Waals surface area (Å²) in [6, 6.07) is 64.0. The van der Waals surface area contributed by atoms with Gasteiger partial charge in [-0.25, -0.2) is 15.0 Å². The van der Waals surface area contributed by atoms with E-state index in [9.17, 15) is 0 Å². The Balaban J connectivity index is 0.00000397. The number of pyridine rings is 1. The van der Waals surface area contributed by atoms with Gasteiger partial charge in [-0.3, -0.25) is 0 Å². The minimum Gasteiger partial charge on any atom is -0.488 e. The van der Waals surface area contributed by atoms with E-state index in [1.807, 2.05) is 42.6 Å². The van der Waals surface area contributed by atoms with Crippen molar-refractivity contribution in [2.75, 3.05) is 9.80 Å². The van der Waals surface area contributed by atoms with Gasteiger partial charge in [0.05, 0.1) is 0 Å². The van der Waals surface area contributed by atoms with E-state index >= 15 is 0 Å². The summed E-state index contributed by atoms with van der Waals surface area (Å²) in [5.74, 6) is 1.45. The number of para-hydroxylation sites is 4. The van der Waals surface area contributed by atoms with Crippen molar-refractivity contribution >= 4 is 55.7 Å². The largest absolute Gasteiger partial charge is 0.488 e. The van der Waals surface area contributed by atoms with Crippen molar-refractivity contribution in [2.24, 2.45) is 0 Å². The van der Waals surface area contributed by atoms with Gasteiger partial charge in [-0.1, -0.05) is 102 Å². The number of hydrogen-bond acceptors (Lipinski definition) is 5. The Morgan fingerprint density at radius 1 is 0.491 bits per heavy atom. The summed E-state index contributed by atoms with van der Waals surface area (Å²) in [5.41, 5.74) is 10.7. The fourth-order valence-electron chi connectivity index (χ4n) is 7.44. The number of fused-ring (bicyclic) bond motifs is 4. The van der Waals surface area contributed by atoms with Gasteiger partial charge in [-0.2, -0.15) is 0 Å². The predicted octanol–water partition coefficient (Wildman–Crippen LogP) is 11.0. The molecule has 0 unspecified atom stereocenters. The molecule has 6 nitrogen and oxygen atoms in total. The zero-order valence-electron chi connectivity index (χ0n) is 29.4. The number of aromatic nitrogens is 4. The van der Waals surface area contributed by atoms with E-state index in [2.05, 4.69) is 161 Å². The van der Waals surface area contributed by atoms with Gasteiger partial charge in [0.25, 0.3) is 0 Å². The van der Waals surface area contributed by atoms with Gasteiger partial charge < -0.3 is 14.4 Å². The third-order valence-electron chi connectivity index (χ3n) is 9.81. The van der Waals surface area contributed by atoms with Crippen LogP contribution >= 0.6 is 0 Å². The molecule has 0 amide bonds. The Hall–Kier alpha value is -6.62. The molecule has 1 aliphatic rings. The quantitative estimate of drug-likeness (QED) is 0.118. The minimum atomic E-state index is 0. The maximum Gasteiger partial charge on any atom is 0.150 e. The molecule has 55 heavy (non-hydrogen) atoms. The van der Waals surface area contributed by atoms with Gasteiger partial charge in [0.2, 0.25) is 0 Å². The molecule has 9 aromatic rings. The van der Waals surface area contributed by atoms with Gasteiger partial charge in [-0.05, 0) is 70.6 Å². The van der Waals surface area contributed by atoms with E-state index in [1.165, 1.54) is 0 Å². The molecule has 0 spiro atoms. The monoisotopic (exact) mass is 886 g/mol. The molecule has 3 aromatic heterocycles. The molecule has 7 heteroatoms. The maximum atomic E-state index is 4.83. The van der Waals surface area contributed by atoms with Crippen molar-refractivity contribution in [1.29, 1.82) is 0 Å². The van der Waals surface area contributed by atoms with Crippen molar-refractivity contribution in [3.63, 3.8) is 0 Å². The predicted molar refractivity (Wildman–Crippen MR) is 218 cm³/mol. The van der Waals surface area contributed by atoms with Crippen molar-refractivity contribution in [3.05, 3.63) is 224 Å². The van der Waals surface area contributed by atoms with Gasteiger partial charge >= 0.3 is 0 Å². The smallest absolute Gasteiger partial charge is 0.150 e. The van der Waals surface area contributed by atoms with E-state index in [4.69, 9.17) is 15.0 Å². The first-order valence-electron chi connectivity index (χ1n) is 17.9. The normalized spacial score (nSPS) is 12.7. The number of anilines is 4. The molecule has 0 saturated carbocycles. The molecule has 0 fully saturated rings. The summed E-state index contributed by atoms with van der Waals surface area (Å²) >= 11 is 0. The molecule has 1 aliphatic heterocycles. The van der Waals surface area contributed by atoms with Crippen molar-refractivity contribution in [1.82, 2.24) is 19.5 Å². The average Bonchev–Trinajstić information content (AvgIpc) is 3.80. The number of benzene rings is 6. The van der Waals surface area contributed by atoms with Crippen LogP contribution in [-0.2, 0) is 21.1 Å². The molecular weight excluding hydrogens is 856 g/mol. The first-order chi connectivity index (χ1) is 26.8. The van der Waals surface area contributed by atoms with Gasteiger partial charge in [0.1, 0.15) is 5.82 Å². The Bertz CT molecular complexity index is 2760. The number of rotatable bonds is 7. The van der Waals surface area contributed by atoms with Gasteiger partial charge in [0, 0.05) is 62.2 Å². The second-order valence-electron chi connectivity index (χ2n) is 13.0. The first-order valence-corrected chi connectivity index (χ1v) is 17.9. The Labute approximate surface area is 334 Å². The van der Waals surface area contributed by atoms with Crippen LogP contribution in [0.3, 0.4) is 0 Å². The Kier molecular flexibility index (Phi) is 9.11. The summed E-state index contributed by atoms with van der Waals surface area (Å²) in [6.07, 6.45) is 5.42. The van der Waals surface area contributed by atoms with Crippen LogP contribution in [-0.4, -0.2) is 19.5 Å². The summed E-state index contributed by atoms with van der Waals surface area (Å²) < 4.78 is 2.20. The second-order valence-corrected chi connectivity index (χ2v) is 13.0. The Morgan fingerprint density at radius 2 is 1.16 bits per heavy atom. The van der Waals surface area contributed by atoms with Crippen LogP contribution in [0.5, 0.6) is 0 Å². The average molecular weight is 887 g/mol. The summed E-state index contributed by atoms with van der Waals surface area (Å²) in [4.78, 5) is 18.9. The number of nitrogens with zero attached hydrogens (tertiary/aromatic N) is 6. The van der Waals surface area contributed by atoms with Crippen molar-refractivity contribution < 1.29 is 21.1 Å². The Morgan fingerprint density at radius 3 is 1.95 bits per heavy atom. The van der Waals surface area contributed by atoms with Crippen LogP contribution in [0, 0.1) is 18.8 Å². The SMILES string of the molecule is [Pt].[c-]1c(/C(=C(\c2ccccc2)c2ncccn2)c2[c-]c3c(cc2)c2ccccc2n3-c2ccccn2)cccc1N1[CH-]N(c2ccccc2)c2ccccc21. The minimum absolute atomic E-state index is 0. The van der Waals surface area contributed by atoms with Crippen LogP contribution < -0.4 is 9.80 Å². The fraction of sp³-hybridized carbons (Fsp3) is 0. The summed E-state index contributed by atoms with van der Waals surface area (Å²) in [7, 11) is 0. The zero-order chi connectivity index (χ0) is 35.8. The number of hydrogen-bond donors (Lipinski definition) is 0.